The van der Waals surface area contributed by atoms with E-state index in [4.69, 9.17) is 11.6 Å². The van der Waals surface area contributed by atoms with Crippen LogP contribution >= 0.6 is 11.6 Å². The number of benzene rings is 1. The summed E-state index contributed by atoms with van der Waals surface area (Å²) in [6, 6.07) is 9.06. The SMILES string of the molecule is Clc1ccc([C@H](NC23CC4CC(CC(C4)C2)C3)[C@H]2C=CCC2)cc1. The van der Waals surface area contributed by atoms with Gasteiger partial charge in [0, 0.05) is 16.6 Å². The topological polar surface area (TPSA) is 12.0 Å². The van der Waals surface area contributed by atoms with Gasteiger partial charge in [-0.05, 0) is 92.7 Å². The van der Waals surface area contributed by atoms with E-state index in [1.165, 1.54) is 56.9 Å². The van der Waals surface area contributed by atoms with Crippen molar-refractivity contribution in [2.24, 2.45) is 23.7 Å². The fourth-order valence-corrected chi connectivity index (χ4v) is 6.78. The van der Waals surface area contributed by atoms with Crippen molar-refractivity contribution < 1.29 is 0 Å². The molecular weight excluding hydrogens is 314 g/mol. The van der Waals surface area contributed by atoms with Gasteiger partial charge >= 0.3 is 0 Å². The summed E-state index contributed by atoms with van der Waals surface area (Å²) in [7, 11) is 0. The van der Waals surface area contributed by atoms with Gasteiger partial charge in [0.15, 0.2) is 0 Å². The molecule has 4 fully saturated rings. The average molecular weight is 342 g/mol. The lowest BCUT2D eigenvalue weighted by Gasteiger charge is -2.58. The van der Waals surface area contributed by atoms with Gasteiger partial charge in [0.2, 0.25) is 0 Å². The molecule has 1 nitrogen and oxygen atoms in total. The van der Waals surface area contributed by atoms with Gasteiger partial charge in [0.1, 0.15) is 0 Å². The molecule has 0 aliphatic heterocycles. The highest BCUT2D eigenvalue weighted by Gasteiger charge is 2.51. The summed E-state index contributed by atoms with van der Waals surface area (Å²) in [4.78, 5) is 0. The Kier molecular flexibility index (Phi) is 3.79. The Bertz CT molecular complexity index is 597. The number of allylic oxidation sites excluding steroid dienone is 1. The summed E-state index contributed by atoms with van der Waals surface area (Å²) in [6.07, 6.45) is 16.1. The molecule has 24 heavy (non-hydrogen) atoms. The van der Waals surface area contributed by atoms with Gasteiger partial charge in [-0.25, -0.2) is 0 Å². The summed E-state index contributed by atoms with van der Waals surface area (Å²) >= 11 is 6.14. The molecular formula is C22H28ClN. The number of rotatable bonds is 4. The second kappa shape index (κ2) is 5.88. The smallest absolute Gasteiger partial charge is 0.0406 e. The van der Waals surface area contributed by atoms with Crippen LogP contribution in [-0.2, 0) is 0 Å². The number of halogens is 1. The minimum Gasteiger partial charge on any atom is -0.304 e. The first-order chi connectivity index (χ1) is 11.7. The van der Waals surface area contributed by atoms with Crippen molar-refractivity contribution in [3.05, 3.63) is 47.0 Å². The van der Waals surface area contributed by atoms with Gasteiger partial charge in [0.05, 0.1) is 0 Å². The minimum absolute atomic E-state index is 0.412. The van der Waals surface area contributed by atoms with Crippen LogP contribution in [-0.4, -0.2) is 5.54 Å². The van der Waals surface area contributed by atoms with Crippen LogP contribution in [0.25, 0.3) is 0 Å². The van der Waals surface area contributed by atoms with E-state index in [2.05, 4.69) is 41.7 Å². The van der Waals surface area contributed by atoms with E-state index in [-0.39, 0.29) is 0 Å². The predicted octanol–water partition coefficient (Wildman–Crippen LogP) is 5.91. The van der Waals surface area contributed by atoms with Gasteiger partial charge in [-0.1, -0.05) is 35.9 Å². The molecule has 0 amide bonds. The van der Waals surface area contributed by atoms with Crippen LogP contribution in [0.3, 0.4) is 0 Å². The van der Waals surface area contributed by atoms with Crippen LogP contribution in [0.1, 0.15) is 63.0 Å². The van der Waals surface area contributed by atoms with Gasteiger partial charge in [-0.15, -0.1) is 0 Å². The van der Waals surface area contributed by atoms with E-state index >= 15 is 0 Å². The molecule has 5 aliphatic rings. The molecule has 0 saturated heterocycles. The molecule has 1 N–H and O–H groups in total. The fraction of sp³-hybridized carbons (Fsp3) is 0.636. The molecule has 2 heteroatoms. The summed E-state index contributed by atoms with van der Waals surface area (Å²) < 4.78 is 0. The van der Waals surface area contributed by atoms with Gasteiger partial charge in [-0.3, -0.25) is 0 Å². The number of hydrogen-bond acceptors (Lipinski definition) is 1. The lowest BCUT2D eigenvalue weighted by Crippen LogP contribution is -2.59. The second-order valence-corrected chi connectivity index (χ2v) is 9.48. The van der Waals surface area contributed by atoms with E-state index in [0.29, 0.717) is 17.5 Å². The minimum atomic E-state index is 0.412. The third kappa shape index (κ3) is 2.74. The predicted molar refractivity (Wildman–Crippen MR) is 100 cm³/mol. The van der Waals surface area contributed by atoms with Crippen LogP contribution in [0.5, 0.6) is 0 Å². The van der Waals surface area contributed by atoms with Crippen molar-refractivity contribution >= 4 is 11.6 Å². The van der Waals surface area contributed by atoms with Crippen LogP contribution in [0.2, 0.25) is 5.02 Å². The van der Waals surface area contributed by atoms with Crippen molar-refractivity contribution in [2.45, 2.75) is 62.9 Å². The molecule has 0 radical (unpaired) electrons. The molecule has 2 atom stereocenters. The average Bonchev–Trinajstić information content (AvgIpc) is 3.06. The highest BCUT2D eigenvalue weighted by molar-refractivity contribution is 6.30. The Balaban J connectivity index is 1.44. The molecule has 0 spiro atoms. The van der Waals surface area contributed by atoms with Crippen LogP contribution in [0.15, 0.2) is 36.4 Å². The molecule has 5 aliphatic carbocycles. The molecule has 0 heterocycles. The molecule has 4 saturated carbocycles. The van der Waals surface area contributed by atoms with E-state index in [9.17, 15) is 0 Å². The summed E-state index contributed by atoms with van der Waals surface area (Å²) in [5.41, 5.74) is 1.84. The van der Waals surface area contributed by atoms with Crippen molar-refractivity contribution in [3.8, 4) is 0 Å². The molecule has 6 rings (SSSR count). The zero-order valence-corrected chi connectivity index (χ0v) is 15.1. The molecule has 0 aromatic heterocycles. The summed E-state index contributed by atoms with van der Waals surface area (Å²) in [6.45, 7) is 0. The first-order valence-corrected chi connectivity index (χ1v) is 10.3. The fourth-order valence-electron chi connectivity index (χ4n) is 6.66. The molecule has 0 unspecified atom stereocenters. The number of nitrogens with one attached hydrogen (secondary N) is 1. The van der Waals surface area contributed by atoms with E-state index in [1.54, 1.807) is 0 Å². The van der Waals surface area contributed by atoms with Crippen LogP contribution < -0.4 is 5.32 Å². The summed E-state index contributed by atoms with van der Waals surface area (Å²) in [5.74, 6) is 3.62. The zero-order valence-electron chi connectivity index (χ0n) is 14.4. The van der Waals surface area contributed by atoms with Crippen molar-refractivity contribution in [3.63, 3.8) is 0 Å². The highest BCUT2D eigenvalue weighted by atomic mass is 35.5. The Morgan fingerprint density at radius 1 is 0.958 bits per heavy atom. The third-order valence-corrected chi connectivity index (χ3v) is 7.46. The maximum absolute atomic E-state index is 6.14. The van der Waals surface area contributed by atoms with E-state index in [1.807, 2.05) is 0 Å². The zero-order chi connectivity index (χ0) is 16.1. The maximum atomic E-state index is 6.14. The quantitative estimate of drug-likeness (QED) is 0.671. The Hall–Kier alpha value is -0.790. The van der Waals surface area contributed by atoms with Crippen LogP contribution in [0.4, 0.5) is 0 Å². The summed E-state index contributed by atoms with van der Waals surface area (Å²) in [5, 5.41) is 5.09. The maximum Gasteiger partial charge on any atom is 0.0406 e. The first kappa shape index (κ1) is 15.5. The van der Waals surface area contributed by atoms with E-state index in [0.717, 1.165) is 22.8 Å². The number of hydrogen-bond donors (Lipinski definition) is 1. The monoisotopic (exact) mass is 341 g/mol. The van der Waals surface area contributed by atoms with Gasteiger partial charge in [0.25, 0.3) is 0 Å². The van der Waals surface area contributed by atoms with Crippen molar-refractivity contribution in [1.29, 1.82) is 0 Å². The second-order valence-electron chi connectivity index (χ2n) is 9.04. The molecule has 1 aromatic carbocycles. The van der Waals surface area contributed by atoms with E-state index < -0.39 is 0 Å². The normalized spacial score (nSPS) is 41.0. The van der Waals surface area contributed by atoms with Gasteiger partial charge < -0.3 is 5.32 Å². The first-order valence-electron chi connectivity index (χ1n) is 9.89. The lowest BCUT2D eigenvalue weighted by atomic mass is 9.52. The highest BCUT2D eigenvalue weighted by Crippen LogP contribution is 2.56. The standard InChI is InChI=1S/C22H28ClN/c23-20-7-5-19(6-8-20)21(18-3-1-2-4-18)24-22-12-15-9-16(13-22)11-17(10-15)14-22/h1,3,5-8,15-18,21,24H,2,4,9-14H2/t15?,16?,17?,18-,21+,22?/m0/s1. The largest absolute Gasteiger partial charge is 0.304 e. The van der Waals surface area contributed by atoms with Crippen LogP contribution in [0, 0.1) is 23.7 Å². The lowest BCUT2D eigenvalue weighted by molar-refractivity contribution is -0.0279. The third-order valence-electron chi connectivity index (χ3n) is 7.21. The van der Waals surface area contributed by atoms with Crippen molar-refractivity contribution in [1.82, 2.24) is 5.32 Å². The molecule has 1 aromatic rings. The van der Waals surface area contributed by atoms with Gasteiger partial charge in [-0.2, -0.15) is 0 Å². The molecule has 4 bridgehead atoms. The Labute approximate surface area is 150 Å². The Morgan fingerprint density at radius 3 is 2.12 bits per heavy atom. The molecule has 128 valence electrons. The Morgan fingerprint density at radius 2 is 1.58 bits per heavy atom. The van der Waals surface area contributed by atoms with Crippen molar-refractivity contribution in [2.75, 3.05) is 0 Å².